The highest BCUT2D eigenvalue weighted by atomic mass is 16.4. The summed E-state index contributed by atoms with van der Waals surface area (Å²) in [6.07, 6.45) is 5.33. The summed E-state index contributed by atoms with van der Waals surface area (Å²) in [5, 5.41) is 32.9. The van der Waals surface area contributed by atoms with Crippen LogP contribution in [-0.2, 0) is 19.2 Å². The van der Waals surface area contributed by atoms with Gasteiger partial charge in [-0.05, 0) is 51.0 Å². The van der Waals surface area contributed by atoms with Crippen LogP contribution in [0.5, 0.6) is 0 Å². The van der Waals surface area contributed by atoms with Gasteiger partial charge in [0.1, 0.15) is 0 Å². The summed E-state index contributed by atoms with van der Waals surface area (Å²) in [7, 11) is 0. The van der Waals surface area contributed by atoms with E-state index in [2.05, 4.69) is 26.3 Å². The van der Waals surface area contributed by atoms with Crippen LogP contribution in [0.2, 0.25) is 0 Å². The zero-order valence-electron chi connectivity index (χ0n) is 16.8. The van der Waals surface area contributed by atoms with Crippen molar-refractivity contribution in [3.05, 3.63) is 24.3 Å². The lowest BCUT2D eigenvalue weighted by Gasteiger charge is -2.26. The Morgan fingerprint density at radius 1 is 0.903 bits per heavy atom. The monoisotopic (exact) mass is 438 g/mol. The molecule has 2 heterocycles. The first kappa shape index (κ1) is 25.4. The van der Waals surface area contributed by atoms with Crippen molar-refractivity contribution >= 4 is 40.9 Å². The minimum Gasteiger partial charge on any atom is -0.473 e. The van der Waals surface area contributed by atoms with Crippen LogP contribution in [0.15, 0.2) is 24.3 Å². The number of carboxylic acids is 4. The SMILES string of the molecule is O=C(O)C(=O)O.O=C(O)C(=O)O.c1ccc2[nH]c(NCCCN3CCCCC3)nc2c1. The number of aromatic amines is 1. The summed E-state index contributed by atoms with van der Waals surface area (Å²) in [4.78, 5) is 46.8. The number of aromatic nitrogens is 2. The largest absolute Gasteiger partial charge is 0.473 e. The normalized spacial score (nSPS) is 13.2. The van der Waals surface area contributed by atoms with Gasteiger partial charge in [-0.1, -0.05) is 18.6 Å². The summed E-state index contributed by atoms with van der Waals surface area (Å²) < 4.78 is 0. The minimum atomic E-state index is -1.82. The molecule has 1 aromatic heterocycles. The molecule has 1 fully saturated rings. The van der Waals surface area contributed by atoms with Crippen molar-refractivity contribution in [2.45, 2.75) is 25.7 Å². The van der Waals surface area contributed by atoms with Crippen molar-refractivity contribution in [2.75, 3.05) is 31.5 Å². The van der Waals surface area contributed by atoms with Crippen LogP contribution in [0.1, 0.15) is 25.7 Å². The van der Waals surface area contributed by atoms with E-state index in [0.29, 0.717) is 0 Å². The van der Waals surface area contributed by atoms with Gasteiger partial charge in [-0.3, -0.25) is 0 Å². The van der Waals surface area contributed by atoms with E-state index in [1.54, 1.807) is 0 Å². The molecule has 2 aromatic rings. The van der Waals surface area contributed by atoms with Crippen molar-refractivity contribution in [1.82, 2.24) is 14.9 Å². The van der Waals surface area contributed by atoms with Crippen molar-refractivity contribution in [2.24, 2.45) is 0 Å². The van der Waals surface area contributed by atoms with Crippen LogP contribution in [0.25, 0.3) is 11.0 Å². The van der Waals surface area contributed by atoms with Gasteiger partial charge in [0, 0.05) is 6.54 Å². The number of benzene rings is 1. The number of likely N-dealkylation sites (tertiary alicyclic amines) is 1. The smallest absolute Gasteiger partial charge is 0.414 e. The molecule has 0 unspecified atom stereocenters. The van der Waals surface area contributed by atoms with Gasteiger partial charge in [0.15, 0.2) is 0 Å². The summed E-state index contributed by atoms with van der Waals surface area (Å²) >= 11 is 0. The number of aliphatic carboxylic acids is 4. The Labute approximate surface area is 177 Å². The molecule has 12 nitrogen and oxygen atoms in total. The van der Waals surface area contributed by atoms with Crippen molar-refractivity contribution in [1.29, 1.82) is 0 Å². The lowest BCUT2D eigenvalue weighted by atomic mass is 10.1. The first-order chi connectivity index (χ1) is 14.7. The van der Waals surface area contributed by atoms with E-state index in [1.165, 1.54) is 45.3 Å². The fraction of sp³-hybridized carbons (Fsp3) is 0.421. The van der Waals surface area contributed by atoms with Gasteiger partial charge in [0.05, 0.1) is 11.0 Å². The molecule has 170 valence electrons. The van der Waals surface area contributed by atoms with Gasteiger partial charge in [-0.2, -0.15) is 0 Å². The van der Waals surface area contributed by atoms with Gasteiger partial charge in [-0.25, -0.2) is 24.2 Å². The Kier molecular flexibility index (Phi) is 11.1. The molecule has 1 aliphatic rings. The van der Waals surface area contributed by atoms with Crippen LogP contribution < -0.4 is 5.32 Å². The number of nitrogens with zero attached hydrogens (tertiary/aromatic N) is 2. The van der Waals surface area contributed by atoms with Crippen molar-refractivity contribution in [3.63, 3.8) is 0 Å². The number of hydrogen-bond acceptors (Lipinski definition) is 7. The molecule has 1 aliphatic heterocycles. The van der Waals surface area contributed by atoms with Gasteiger partial charge in [0.2, 0.25) is 5.95 Å². The zero-order chi connectivity index (χ0) is 23.2. The molecule has 0 radical (unpaired) electrons. The number of carbonyl (C=O) groups is 4. The molecular formula is C19H26N4O8. The number of carboxylic acid groups (broad SMARTS) is 4. The maximum absolute atomic E-state index is 9.10. The molecule has 0 atom stereocenters. The Morgan fingerprint density at radius 3 is 1.97 bits per heavy atom. The van der Waals surface area contributed by atoms with E-state index in [0.717, 1.165) is 23.5 Å². The molecule has 0 amide bonds. The molecule has 1 aromatic carbocycles. The standard InChI is InChI=1S/C15H22N4.2C2H2O4/c1-4-10-19(11-5-1)12-6-9-16-15-17-13-7-2-3-8-14(13)18-15;2*3-1(4)2(5)6/h2-3,7-8H,1,4-6,9-12H2,(H2,16,17,18);2*(H,3,4)(H,5,6). The van der Waals surface area contributed by atoms with Crippen LogP contribution >= 0.6 is 0 Å². The second-order valence-electron chi connectivity index (χ2n) is 6.51. The molecule has 0 bridgehead atoms. The summed E-state index contributed by atoms with van der Waals surface area (Å²) in [6.45, 7) is 4.75. The highest BCUT2D eigenvalue weighted by Gasteiger charge is 2.09. The van der Waals surface area contributed by atoms with Crippen LogP contribution in [-0.4, -0.2) is 85.4 Å². The third-order valence-corrected chi connectivity index (χ3v) is 4.15. The Hall–Kier alpha value is -3.67. The third-order valence-electron chi connectivity index (χ3n) is 4.15. The van der Waals surface area contributed by atoms with Gasteiger partial charge >= 0.3 is 23.9 Å². The Bertz CT molecular complexity index is 796. The fourth-order valence-electron chi connectivity index (χ4n) is 2.73. The maximum Gasteiger partial charge on any atom is 0.414 e. The van der Waals surface area contributed by atoms with Gasteiger partial charge < -0.3 is 35.6 Å². The number of anilines is 1. The lowest BCUT2D eigenvalue weighted by Crippen LogP contribution is -2.31. The number of para-hydroxylation sites is 2. The quantitative estimate of drug-likeness (QED) is 0.290. The molecule has 12 heteroatoms. The average molecular weight is 438 g/mol. The minimum absolute atomic E-state index is 0.889. The molecule has 0 aliphatic carbocycles. The lowest BCUT2D eigenvalue weighted by molar-refractivity contribution is -0.159. The average Bonchev–Trinajstić information content (AvgIpc) is 3.15. The summed E-state index contributed by atoms with van der Waals surface area (Å²) in [5.41, 5.74) is 2.13. The Balaban J connectivity index is 0.000000333. The van der Waals surface area contributed by atoms with Gasteiger partial charge in [-0.15, -0.1) is 0 Å². The maximum atomic E-state index is 9.10. The highest BCUT2D eigenvalue weighted by Crippen LogP contribution is 2.13. The van der Waals surface area contributed by atoms with Crippen LogP contribution in [0.4, 0.5) is 5.95 Å². The second-order valence-corrected chi connectivity index (χ2v) is 6.51. The number of nitrogens with one attached hydrogen (secondary N) is 2. The number of imidazole rings is 1. The number of hydrogen-bond donors (Lipinski definition) is 6. The molecule has 0 spiro atoms. The fourth-order valence-corrected chi connectivity index (χ4v) is 2.73. The Morgan fingerprint density at radius 2 is 1.45 bits per heavy atom. The van der Waals surface area contributed by atoms with Crippen LogP contribution in [0, 0.1) is 0 Å². The summed E-state index contributed by atoms with van der Waals surface area (Å²) in [5.74, 6) is -6.41. The number of fused-ring (bicyclic) bond motifs is 1. The van der Waals surface area contributed by atoms with E-state index in [1.807, 2.05) is 18.2 Å². The molecule has 0 saturated carbocycles. The molecular weight excluding hydrogens is 412 g/mol. The van der Waals surface area contributed by atoms with E-state index in [-0.39, 0.29) is 0 Å². The molecule has 6 N–H and O–H groups in total. The highest BCUT2D eigenvalue weighted by molar-refractivity contribution is 6.27. The van der Waals surface area contributed by atoms with Crippen LogP contribution in [0.3, 0.4) is 0 Å². The topological polar surface area (TPSA) is 193 Å². The van der Waals surface area contributed by atoms with E-state index in [9.17, 15) is 0 Å². The number of piperidine rings is 1. The predicted octanol–water partition coefficient (Wildman–Crippen LogP) is 1.16. The molecule has 1 saturated heterocycles. The van der Waals surface area contributed by atoms with Gasteiger partial charge in [0.25, 0.3) is 0 Å². The third kappa shape index (κ3) is 10.6. The molecule has 3 rings (SSSR count). The second kappa shape index (κ2) is 13.5. The molecule has 31 heavy (non-hydrogen) atoms. The van der Waals surface area contributed by atoms with Crippen molar-refractivity contribution < 1.29 is 39.6 Å². The summed E-state index contributed by atoms with van der Waals surface area (Å²) in [6, 6.07) is 8.13. The zero-order valence-corrected chi connectivity index (χ0v) is 16.8. The number of H-pyrrole nitrogens is 1. The van der Waals surface area contributed by atoms with E-state index < -0.39 is 23.9 Å². The number of rotatable bonds is 5. The van der Waals surface area contributed by atoms with E-state index in [4.69, 9.17) is 39.6 Å². The van der Waals surface area contributed by atoms with E-state index >= 15 is 0 Å². The first-order valence-corrected chi connectivity index (χ1v) is 9.54. The van der Waals surface area contributed by atoms with Crippen molar-refractivity contribution in [3.8, 4) is 0 Å². The predicted molar refractivity (Wildman–Crippen MR) is 110 cm³/mol. The first-order valence-electron chi connectivity index (χ1n) is 9.54.